The lowest BCUT2D eigenvalue weighted by molar-refractivity contribution is 0.887. The molecule has 0 bridgehead atoms. The lowest BCUT2D eigenvalue weighted by Crippen LogP contribution is -1.94. The first-order valence-electron chi connectivity index (χ1n) is 2.63. The monoisotopic (exact) mass is 93.1 g/mol. The number of rotatable bonds is 1. The highest BCUT2D eigenvalue weighted by molar-refractivity contribution is 5.42. The average molecular weight is 93.1 g/mol. The molecule has 1 N–H and O–H groups in total. The van der Waals surface area contributed by atoms with Crippen molar-refractivity contribution < 1.29 is 0 Å². The van der Waals surface area contributed by atoms with Crippen LogP contribution in [-0.4, -0.2) is 0 Å². The van der Waals surface area contributed by atoms with Gasteiger partial charge in [-0.2, -0.15) is 0 Å². The highest BCUT2D eigenvalue weighted by Gasteiger charge is 2.15. The van der Waals surface area contributed by atoms with E-state index < -0.39 is 0 Å². The first kappa shape index (κ1) is 3.30. The summed E-state index contributed by atoms with van der Waals surface area (Å²) in [6, 6.07) is 0. The van der Waals surface area contributed by atoms with E-state index in [1.165, 1.54) is 24.1 Å². The van der Waals surface area contributed by atoms with Crippen LogP contribution in [0.15, 0.2) is 23.5 Å². The fourth-order valence-corrected chi connectivity index (χ4v) is 0.755. The van der Waals surface area contributed by atoms with Crippen molar-refractivity contribution in [2.24, 2.45) is 0 Å². The number of allylic oxidation sites excluding steroid dienone is 2. The van der Waals surface area contributed by atoms with Gasteiger partial charge in [0.2, 0.25) is 0 Å². The van der Waals surface area contributed by atoms with Crippen LogP contribution in [0.25, 0.3) is 0 Å². The van der Waals surface area contributed by atoms with E-state index in [-0.39, 0.29) is 0 Å². The minimum Gasteiger partial charge on any atom is -0.358 e. The predicted molar refractivity (Wildman–Crippen MR) is 28.5 cm³/mol. The lowest BCUT2D eigenvalue weighted by atomic mass is 9.99. The Hall–Kier alpha value is -0.720. The van der Waals surface area contributed by atoms with Crippen molar-refractivity contribution in [1.82, 2.24) is 5.32 Å². The second-order valence-corrected chi connectivity index (χ2v) is 1.97. The van der Waals surface area contributed by atoms with Crippen LogP contribution >= 0.6 is 0 Å². The van der Waals surface area contributed by atoms with Crippen LogP contribution in [-0.2, 0) is 0 Å². The Bertz CT molecular complexity index is 154. The maximum absolute atomic E-state index is 3.06. The van der Waals surface area contributed by atoms with Crippen LogP contribution in [0.3, 0.4) is 0 Å². The molecular formula is C6H7N. The van der Waals surface area contributed by atoms with Crippen molar-refractivity contribution in [3.8, 4) is 0 Å². The van der Waals surface area contributed by atoms with Gasteiger partial charge in [-0.1, -0.05) is 6.08 Å². The minimum atomic E-state index is 1.29. The summed E-state index contributed by atoms with van der Waals surface area (Å²) in [7, 11) is 0. The van der Waals surface area contributed by atoms with Gasteiger partial charge in [-0.25, -0.2) is 0 Å². The molecule has 0 aromatic carbocycles. The average Bonchev–Trinajstić information content (AvgIpc) is 2.10. The van der Waals surface area contributed by atoms with E-state index in [0.717, 1.165) is 0 Å². The van der Waals surface area contributed by atoms with Gasteiger partial charge in [-0.3, -0.25) is 0 Å². The molecule has 0 unspecified atom stereocenters. The quantitative estimate of drug-likeness (QED) is 0.516. The second kappa shape index (κ2) is 0.915. The zero-order valence-corrected chi connectivity index (χ0v) is 4.07. The summed E-state index contributed by atoms with van der Waals surface area (Å²) in [5, 5.41) is 3.06. The van der Waals surface area contributed by atoms with Gasteiger partial charge in [-0.05, 0) is 18.4 Å². The molecule has 1 heterocycles. The molecule has 0 amide bonds. The highest BCUT2D eigenvalue weighted by atomic mass is 15.0. The van der Waals surface area contributed by atoms with Crippen LogP contribution in [0.1, 0.15) is 12.8 Å². The Labute approximate surface area is 42.7 Å². The molecule has 2 rings (SSSR count). The number of hydrogen-bond donors (Lipinski definition) is 1. The third-order valence-corrected chi connectivity index (χ3v) is 1.44. The van der Waals surface area contributed by atoms with E-state index in [0.29, 0.717) is 0 Å². The third kappa shape index (κ3) is 0.377. The fraction of sp³-hybridized carbons (Fsp3) is 0.333. The van der Waals surface area contributed by atoms with Gasteiger partial charge >= 0.3 is 0 Å². The van der Waals surface area contributed by atoms with E-state index in [4.69, 9.17) is 0 Å². The number of hydrogen-bond acceptors (Lipinski definition) is 1. The molecule has 0 spiro atoms. The molecule has 1 heteroatoms. The molecule has 1 aliphatic carbocycles. The molecule has 1 aliphatic heterocycles. The summed E-state index contributed by atoms with van der Waals surface area (Å²) in [6.07, 6.45) is 6.89. The van der Waals surface area contributed by atoms with Crippen LogP contribution in [0.5, 0.6) is 0 Å². The van der Waals surface area contributed by atoms with Gasteiger partial charge in [0, 0.05) is 6.20 Å². The standard InChI is InChI=1S/C6H7N/c1-2-5(3-1)6-4-7-6/h2,4,7H,1,3H2. The van der Waals surface area contributed by atoms with Gasteiger partial charge < -0.3 is 5.32 Å². The van der Waals surface area contributed by atoms with Gasteiger partial charge in [-0.15, -0.1) is 0 Å². The molecule has 0 aromatic heterocycles. The van der Waals surface area contributed by atoms with Crippen LogP contribution in [0, 0.1) is 0 Å². The van der Waals surface area contributed by atoms with Crippen molar-refractivity contribution in [1.29, 1.82) is 0 Å². The van der Waals surface area contributed by atoms with Gasteiger partial charge in [0.25, 0.3) is 0 Å². The maximum atomic E-state index is 3.06. The Morgan fingerprint density at radius 2 is 2.29 bits per heavy atom. The fourth-order valence-electron chi connectivity index (χ4n) is 0.755. The van der Waals surface area contributed by atoms with Crippen molar-refractivity contribution in [2.75, 3.05) is 0 Å². The van der Waals surface area contributed by atoms with E-state index in [1.54, 1.807) is 0 Å². The molecule has 0 saturated heterocycles. The molecule has 1 nitrogen and oxygen atoms in total. The molecular weight excluding hydrogens is 86.1 g/mol. The van der Waals surface area contributed by atoms with E-state index in [2.05, 4.69) is 11.4 Å². The predicted octanol–water partition coefficient (Wildman–Crippen LogP) is 1.15. The first-order valence-corrected chi connectivity index (χ1v) is 2.63. The Morgan fingerprint density at radius 1 is 1.57 bits per heavy atom. The molecule has 0 atom stereocenters. The van der Waals surface area contributed by atoms with Crippen molar-refractivity contribution in [2.45, 2.75) is 12.8 Å². The summed E-state index contributed by atoms with van der Waals surface area (Å²) < 4.78 is 0. The van der Waals surface area contributed by atoms with Gasteiger partial charge in [0.1, 0.15) is 0 Å². The Kier molecular flexibility index (Phi) is 0.432. The highest BCUT2D eigenvalue weighted by Crippen LogP contribution is 2.27. The van der Waals surface area contributed by atoms with E-state index in [9.17, 15) is 0 Å². The summed E-state index contributed by atoms with van der Waals surface area (Å²) in [5.74, 6) is 0. The maximum Gasteiger partial charge on any atom is 0.0572 e. The van der Waals surface area contributed by atoms with Gasteiger partial charge in [0.05, 0.1) is 5.70 Å². The Balaban J connectivity index is 2.20. The van der Waals surface area contributed by atoms with E-state index >= 15 is 0 Å². The molecule has 2 aliphatic rings. The van der Waals surface area contributed by atoms with Crippen molar-refractivity contribution >= 4 is 0 Å². The summed E-state index contributed by atoms with van der Waals surface area (Å²) in [5.41, 5.74) is 2.88. The number of nitrogens with one attached hydrogen (secondary N) is 1. The van der Waals surface area contributed by atoms with Crippen LogP contribution in [0.2, 0.25) is 0 Å². The third-order valence-electron chi connectivity index (χ3n) is 1.44. The lowest BCUT2D eigenvalue weighted by Gasteiger charge is -2.08. The topological polar surface area (TPSA) is 21.9 Å². The summed E-state index contributed by atoms with van der Waals surface area (Å²) in [6.45, 7) is 0. The molecule has 7 heavy (non-hydrogen) atoms. The largest absolute Gasteiger partial charge is 0.358 e. The van der Waals surface area contributed by atoms with Crippen molar-refractivity contribution in [3.63, 3.8) is 0 Å². The smallest absolute Gasteiger partial charge is 0.0572 e. The summed E-state index contributed by atoms with van der Waals surface area (Å²) in [4.78, 5) is 0. The Morgan fingerprint density at radius 3 is 2.43 bits per heavy atom. The normalized spacial score (nSPS) is 24.0. The molecule has 0 fully saturated rings. The molecule has 0 saturated carbocycles. The summed E-state index contributed by atoms with van der Waals surface area (Å²) >= 11 is 0. The van der Waals surface area contributed by atoms with Gasteiger partial charge in [0.15, 0.2) is 0 Å². The van der Waals surface area contributed by atoms with Crippen molar-refractivity contribution in [3.05, 3.63) is 23.5 Å². The molecule has 0 radical (unpaired) electrons. The SMILES string of the molecule is C1=C(C2=CN2)CC1. The first-order chi connectivity index (χ1) is 3.47. The zero-order valence-electron chi connectivity index (χ0n) is 4.07. The zero-order chi connectivity index (χ0) is 4.69. The van der Waals surface area contributed by atoms with Crippen LogP contribution in [0.4, 0.5) is 0 Å². The second-order valence-electron chi connectivity index (χ2n) is 1.97. The molecule has 0 aromatic rings. The molecule has 36 valence electrons. The van der Waals surface area contributed by atoms with E-state index in [1.807, 2.05) is 6.20 Å². The van der Waals surface area contributed by atoms with Crippen LogP contribution < -0.4 is 5.32 Å². The minimum absolute atomic E-state index is 1.29.